The minimum atomic E-state index is -1.10. The van der Waals surface area contributed by atoms with Crippen LogP contribution >= 0.6 is 0 Å². The van der Waals surface area contributed by atoms with Gasteiger partial charge in [-0.15, -0.1) is 0 Å². The van der Waals surface area contributed by atoms with Gasteiger partial charge in [0.2, 0.25) is 0 Å². The molecule has 0 saturated carbocycles. The molecule has 1 rings (SSSR count). The molecule has 0 aliphatic heterocycles. The lowest BCUT2D eigenvalue weighted by Crippen LogP contribution is -2.00. The lowest BCUT2D eigenvalue weighted by Gasteiger charge is -2.01. The molecule has 15 heavy (non-hydrogen) atoms. The molecular weight excluding hydrogens is 214 g/mol. The normalized spacial score (nSPS) is 12.6. The van der Waals surface area contributed by atoms with Crippen LogP contribution in [0.1, 0.15) is 5.56 Å². The molecule has 2 N–H and O–H groups in total. The molecule has 1 unspecified atom stereocenters. The van der Waals surface area contributed by atoms with Crippen molar-refractivity contribution in [3.8, 4) is 0 Å². The van der Waals surface area contributed by atoms with Crippen molar-refractivity contribution >= 4 is 28.7 Å². The van der Waals surface area contributed by atoms with Gasteiger partial charge in [-0.1, -0.05) is 12.1 Å². The number of nitrogens with one attached hydrogen (secondary N) is 1. The summed E-state index contributed by atoms with van der Waals surface area (Å²) in [6.45, 7) is 0. The van der Waals surface area contributed by atoms with E-state index in [2.05, 4.69) is 4.72 Å². The van der Waals surface area contributed by atoms with E-state index in [-0.39, 0.29) is 0 Å². The van der Waals surface area contributed by atoms with Crippen LogP contribution in [0.5, 0.6) is 0 Å². The van der Waals surface area contributed by atoms with Gasteiger partial charge >= 0.3 is 5.97 Å². The molecule has 1 atom stereocenters. The number of benzene rings is 1. The van der Waals surface area contributed by atoms with E-state index in [0.717, 1.165) is 17.3 Å². The van der Waals surface area contributed by atoms with E-state index in [1.165, 1.54) is 12.3 Å². The zero-order valence-corrected chi connectivity index (χ0v) is 8.95. The van der Waals surface area contributed by atoms with Crippen LogP contribution in [0, 0.1) is 0 Å². The lowest BCUT2D eigenvalue weighted by atomic mass is 10.2. The first-order valence-electron chi connectivity index (χ1n) is 4.19. The lowest BCUT2D eigenvalue weighted by molar-refractivity contribution is -0.131. The number of aliphatic carboxylic acids is 1. The van der Waals surface area contributed by atoms with Crippen molar-refractivity contribution in [1.29, 1.82) is 0 Å². The van der Waals surface area contributed by atoms with Crippen molar-refractivity contribution in [3.05, 3.63) is 35.9 Å². The maximum atomic E-state index is 10.8. The van der Waals surface area contributed by atoms with Crippen molar-refractivity contribution < 1.29 is 14.1 Å². The van der Waals surface area contributed by atoms with Crippen LogP contribution in [0.4, 0.5) is 5.69 Å². The predicted molar refractivity (Wildman–Crippen MR) is 60.8 cm³/mol. The fraction of sp³-hybridized carbons (Fsp3) is 0.100. The van der Waals surface area contributed by atoms with Gasteiger partial charge in [0.1, 0.15) is 11.0 Å². The van der Waals surface area contributed by atoms with E-state index in [9.17, 15) is 9.00 Å². The second-order valence-electron chi connectivity index (χ2n) is 2.85. The maximum Gasteiger partial charge on any atom is 0.328 e. The van der Waals surface area contributed by atoms with Crippen molar-refractivity contribution in [1.82, 2.24) is 0 Å². The Bertz CT molecular complexity index is 398. The minimum Gasteiger partial charge on any atom is -0.478 e. The van der Waals surface area contributed by atoms with Gasteiger partial charge in [0.05, 0.1) is 0 Å². The van der Waals surface area contributed by atoms with E-state index < -0.39 is 17.0 Å². The van der Waals surface area contributed by atoms with E-state index in [1.807, 2.05) is 0 Å². The van der Waals surface area contributed by atoms with Gasteiger partial charge in [-0.2, -0.15) is 0 Å². The second kappa shape index (κ2) is 5.31. The third-order valence-corrected chi connectivity index (χ3v) is 2.11. The summed E-state index contributed by atoms with van der Waals surface area (Å²) in [6.07, 6.45) is 4.10. The van der Waals surface area contributed by atoms with Gasteiger partial charge in [0.15, 0.2) is 0 Å². The number of carbonyl (C=O) groups is 1. The van der Waals surface area contributed by atoms with E-state index in [0.29, 0.717) is 0 Å². The van der Waals surface area contributed by atoms with E-state index in [1.54, 1.807) is 24.3 Å². The number of hydrogen-bond donors (Lipinski definition) is 2. The van der Waals surface area contributed by atoms with Gasteiger partial charge in [-0.25, -0.2) is 9.00 Å². The topological polar surface area (TPSA) is 66.4 Å². The fourth-order valence-electron chi connectivity index (χ4n) is 0.996. The summed E-state index contributed by atoms with van der Waals surface area (Å²) >= 11 is 0. The van der Waals surface area contributed by atoms with Gasteiger partial charge in [0.25, 0.3) is 0 Å². The highest BCUT2D eigenvalue weighted by atomic mass is 32.2. The SMILES string of the molecule is CS(=O)Nc1ccc(/C=C/C(=O)O)cc1. The fourth-order valence-corrected chi connectivity index (χ4v) is 1.46. The predicted octanol–water partition coefficient (Wildman–Crippen LogP) is 1.49. The first kappa shape index (κ1) is 11.5. The van der Waals surface area contributed by atoms with Crippen LogP contribution in [-0.4, -0.2) is 21.5 Å². The van der Waals surface area contributed by atoms with Gasteiger partial charge in [-0.3, -0.25) is 0 Å². The third kappa shape index (κ3) is 4.42. The number of hydrogen-bond acceptors (Lipinski definition) is 2. The average Bonchev–Trinajstić information content (AvgIpc) is 2.16. The Kier molecular flexibility index (Phi) is 4.05. The molecule has 5 heteroatoms. The molecule has 4 nitrogen and oxygen atoms in total. The summed E-state index contributed by atoms with van der Waals surface area (Å²) in [6, 6.07) is 6.97. The third-order valence-electron chi connectivity index (χ3n) is 1.59. The summed E-state index contributed by atoms with van der Waals surface area (Å²) in [5.74, 6) is -0.980. The molecule has 0 amide bonds. The highest BCUT2D eigenvalue weighted by molar-refractivity contribution is 7.85. The number of anilines is 1. The van der Waals surface area contributed by atoms with Crippen LogP contribution in [-0.2, 0) is 15.8 Å². The highest BCUT2D eigenvalue weighted by Gasteiger charge is 1.93. The minimum absolute atomic E-state index is 0.739. The van der Waals surface area contributed by atoms with Gasteiger partial charge < -0.3 is 9.83 Å². The zero-order valence-electron chi connectivity index (χ0n) is 8.14. The van der Waals surface area contributed by atoms with Crippen LogP contribution in [0.25, 0.3) is 6.08 Å². The average molecular weight is 225 g/mol. The van der Waals surface area contributed by atoms with E-state index >= 15 is 0 Å². The monoisotopic (exact) mass is 225 g/mol. The molecule has 0 saturated heterocycles. The molecule has 0 spiro atoms. The summed E-state index contributed by atoms with van der Waals surface area (Å²) < 4.78 is 13.6. The molecule has 80 valence electrons. The van der Waals surface area contributed by atoms with Crippen molar-refractivity contribution in [2.24, 2.45) is 0 Å². The standard InChI is InChI=1S/C10H11NO3S/c1-15(14)11-9-5-2-8(3-6-9)4-7-10(12)13/h2-7,11H,1H3,(H,12,13)/b7-4+. The molecule has 0 aliphatic rings. The maximum absolute atomic E-state index is 10.8. The molecule has 0 radical (unpaired) electrons. The Morgan fingerprint density at radius 3 is 2.47 bits per heavy atom. The Labute approximate surface area is 90.2 Å². The Morgan fingerprint density at radius 1 is 1.40 bits per heavy atom. The summed E-state index contributed by atoms with van der Waals surface area (Å²) in [5, 5.41) is 8.41. The smallest absolute Gasteiger partial charge is 0.328 e. The number of carboxylic acid groups (broad SMARTS) is 1. The molecule has 1 aromatic rings. The number of rotatable bonds is 4. The molecule has 0 aromatic heterocycles. The zero-order chi connectivity index (χ0) is 11.3. The van der Waals surface area contributed by atoms with Crippen molar-refractivity contribution in [2.45, 2.75) is 0 Å². The largest absolute Gasteiger partial charge is 0.478 e. The Morgan fingerprint density at radius 2 is 2.00 bits per heavy atom. The highest BCUT2D eigenvalue weighted by Crippen LogP contribution is 2.10. The Hall–Kier alpha value is -1.62. The van der Waals surface area contributed by atoms with Crippen LogP contribution in [0.3, 0.4) is 0 Å². The molecule has 0 heterocycles. The van der Waals surface area contributed by atoms with Gasteiger partial charge in [0, 0.05) is 18.0 Å². The van der Waals surface area contributed by atoms with Crippen molar-refractivity contribution in [2.75, 3.05) is 11.0 Å². The van der Waals surface area contributed by atoms with Crippen LogP contribution < -0.4 is 4.72 Å². The number of carboxylic acids is 1. The molecule has 1 aromatic carbocycles. The first-order chi connectivity index (χ1) is 7.08. The molecule has 0 bridgehead atoms. The van der Waals surface area contributed by atoms with Crippen LogP contribution in [0.15, 0.2) is 30.3 Å². The van der Waals surface area contributed by atoms with Gasteiger partial charge in [-0.05, 0) is 23.8 Å². The van der Waals surface area contributed by atoms with E-state index in [4.69, 9.17) is 5.11 Å². The quantitative estimate of drug-likeness (QED) is 0.763. The van der Waals surface area contributed by atoms with Crippen molar-refractivity contribution in [3.63, 3.8) is 0 Å². The molecular formula is C10H11NO3S. The second-order valence-corrected chi connectivity index (χ2v) is 3.96. The summed E-state index contributed by atoms with van der Waals surface area (Å²) in [7, 11) is -1.10. The summed E-state index contributed by atoms with van der Waals surface area (Å²) in [5.41, 5.74) is 1.52. The molecule has 0 aliphatic carbocycles. The molecule has 0 fully saturated rings. The Balaban J connectivity index is 2.72. The van der Waals surface area contributed by atoms with Crippen LogP contribution in [0.2, 0.25) is 0 Å². The summed E-state index contributed by atoms with van der Waals surface area (Å²) in [4.78, 5) is 10.2. The first-order valence-corrected chi connectivity index (χ1v) is 5.75.